The van der Waals surface area contributed by atoms with Crippen LogP contribution in [0.25, 0.3) is 16.7 Å². The fraction of sp³-hybridized carbons (Fsp3) is 0.250. The van der Waals surface area contributed by atoms with E-state index in [2.05, 4.69) is 50.4 Å². The number of benzene rings is 2. The van der Waals surface area contributed by atoms with E-state index >= 15 is 0 Å². The summed E-state index contributed by atoms with van der Waals surface area (Å²) >= 11 is 12.5. The molecule has 34 heavy (non-hydrogen) atoms. The SMILES string of the molecule is CN1Cc2cc(Nc3ncc4c(=N)n(-c5c(Cl)cccc5Cl)c(=O)[nH]c4n3)ccc2C2(CC2)C1. The molecule has 1 aliphatic carbocycles. The van der Waals surface area contributed by atoms with Crippen LogP contribution in [-0.2, 0) is 12.0 Å². The highest BCUT2D eigenvalue weighted by atomic mass is 35.5. The van der Waals surface area contributed by atoms with E-state index in [9.17, 15) is 4.79 Å². The first kappa shape index (κ1) is 21.3. The average molecular weight is 494 g/mol. The van der Waals surface area contributed by atoms with E-state index in [4.69, 9.17) is 28.6 Å². The lowest BCUT2D eigenvalue weighted by molar-refractivity contribution is 0.271. The molecule has 0 amide bonds. The number of fused-ring (bicyclic) bond motifs is 3. The molecule has 2 aliphatic rings. The van der Waals surface area contributed by atoms with E-state index in [1.165, 1.54) is 30.2 Å². The van der Waals surface area contributed by atoms with Crippen LogP contribution >= 0.6 is 23.2 Å². The number of H-pyrrole nitrogens is 1. The zero-order valence-electron chi connectivity index (χ0n) is 18.3. The Morgan fingerprint density at radius 1 is 1.18 bits per heavy atom. The minimum Gasteiger partial charge on any atom is -0.324 e. The number of anilines is 2. The number of rotatable bonds is 3. The first-order chi connectivity index (χ1) is 16.3. The number of aromatic amines is 1. The van der Waals surface area contributed by atoms with Crippen LogP contribution in [0.3, 0.4) is 0 Å². The molecule has 0 radical (unpaired) electrons. The minimum atomic E-state index is -0.566. The Morgan fingerprint density at radius 3 is 2.68 bits per heavy atom. The van der Waals surface area contributed by atoms with Crippen molar-refractivity contribution in [2.75, 3.05) is 18.9 Å². The maximum absolute atomic E-state index is 12.9. The average Bonchev–Trinajstić information content (AvgIpc) is 3.54. The van der Waals surface area contributed by atoms with Crippen LogP contribution in [0.15, 0.2) is 47.4 Å². The predicted octanol–water partition coefficient (Wildman–Crippen LogP) is 4.12. The van der Waals surface area contributed by atoms with Crippen molar-refractivity contribution in [1.29, 1.82) is 5.41 Å². The van der Waals surface area contributed by atoms with Crippen molar-refractivity contribution < 1.29 is 0 Å². The minimum absolute atomic E-state index is 0.105. The van der Waals surface area contributed by atoms with Crippen molar-refractivity contribution in [2.24, 2.45) is 0 Å². The van der Waals surface area contributed by atoms with Crippen molar-refractivity contribution >= 4 is 45.9 Å². The summed E-state index contributed by atoms with van der Waals surface area (Å²) in [6.45, 7) is 2.02. The molecule has 0 saturated heterocycles. The fourth-order valence-electron chi connectivity index (χ4n) is 4.98. The molecule has 0 unspecified atom stereocenters. The molecule has 1 saturated carbocycles. The molecular weight excluding hydrogens is 473 g/mol. The standard InChI is InChI=1S/C24H21Cl2N7O/c1-32-11-13-9-14(5-6-16(13)24(12-32)7-8-24)29-22-28-10-15-20(27)33(23(34)31-21(15)30-22)19-17(25)3-2-4-18(19)26/h2-6,9-10,27H,7-8,11-12H2,1H3,(H2,28,29,30,31,34). The Bertz CT molecular complexity index is 1570. The van der Waals surface area contributed by atoms with Crippen LogP contribution < -0.4 is 16.5 Å². The van der Waals surface area contributed by atoms with Crippen LogP contribution in [0.1, 0.15) is 24.0 Å². The monoisotopic (exact) mass is 493 g/mol. The zero-order valence-corrected chi connectivity index (χ0v) is 19.8. The molecule has 1 spiro atoms. The van der Waals surface area contributed by atoms with Gasteiger partial charge in [-0.2, -0.15) is 4.98 Å². The van der Waals surface area contributed by atoms with E-state index in [0.717, 1.165) is 23.3 Å². The van der Waals surface area contributed by atoms with Gasteiger partial charge in [-0.1, -0.05) is 35.3 Å². The molecule has 2 aromatic carbocycles. The van der Waals surface area contributed by atoms with Gasteiger partial charge in [-0.05, 0) is 55.3 Å². The van der Waals surface area contributed by atoms with Crippen LogP contribution in [0.2, 0.25) is 10.0 Å². The molecule has 2 aromatic heterocycles. The summed E-state index contributed by atoms with van der Waals surface area (Å²) in [6.07, 6.45) is 4.00. The summed E-state index contributed by atoms with van der Waals surface area (Å²) in [5.74, 6) is 0.335. The molecule has 3 N–H and O–H groups in total. The quantitative estimate of drug-likeness (QED) is 0.398. The van der Waals surface area contributed by atoms with Crippen molar-refractivity contribution in [3.05, 3.63) is 79.7 Å². The van der Waals surface area contributed by atoms with Gasteiger partial charge < -0.3 is 10.2 Å². The third kappa shape index (κ3) is 3.41. The third-order valence-corrected chi connectivity index (χ3v) is 7.27. The molecule has 0 bridgehead atoms. The lowest BCUT2D eigenvalue weighted by atomic mass is 9.87. The van der Waals surface area contributed by atoms with Crippen molar-refractivity contribution in [3.8, 4) is 5.69 Å². The normalized spacial score (nSPS) is 16.6. The number of hydrogen-bond donors (Lipinski definition) is 3. The van der Waals surface area contributed by atoms with Crippen LogP contribution in [0, 0.1) is 5.41 Å². The van der Waals surface area contributed by atoms with Gasteiger partial charge in [-0.15, -0.1) is 0 Å². The molecule has 0 atom stereocenters. The Kier molecular flexibility index (Phi) is 4.81. The Morgan fingerprint density at radius 2 is 1.94 bits per heavy atom. The molecule has 10 heteroatoms. The van der Waals surface area contributed by atoms with Gasteiger partial charge in [-0.3, -0.25) is 10.4 Å². The van der Waals surface area contributed by atoms with Crippen molar-refractivity contribution in [1.82, 2.24) is 24.4 Å². The summed E-state index contributed by atoms with van der Waals surface area (Å²) in [7, 11) is 2.16. The van der Waals surface area contributed by atoms with Gasteiger partial charge >= 0.3 is 5.69 Å². The second-order valence-corrected chi connectivity index (χ2v) is 9.90. The van der Waals surface area contributed by atoms with E-state index in [0.29, 0.717) is 16.7 Å². The molecule has 1 fully saturated rings. The van der Waals surface area contributed by atoms with Crippen molar-refractivity contribution in [3.63, 3.8) is 0 Å². The van der Waals surface area contributed by atoms with E-state index in [-0.39, 0.29) is 26.9 Å². The second-order valence-electron chi connectivity index (χ2n) is 9.09. The number of nitrogens with one attached hydrogen (secondary N) is 3. The highest BCUT2D eigenvalue weighted by Gasteiger charge is 2.48. The number of aromatic nitrogens is 4. The predicted molar refractivity (Wildman–Crippen MR) is 132 cm³/mol. The van der Waals surface area contributed by atoms with Crippen molar-refractivity contribution in [2.45, 2.75) is 24.8 Å². The van der Waals surface area contributed by atoms with E-state index < -0.39 is 5.69 Å². The summed E-state index contributed by atoms with van der Waals surface area (Å²) in [6, 6.07) is 11.3. The summed E-state index contributed by atoms with van der Waals surface area (Å²) in [5, 5.41) is 12.7. The Labute approximate surface area is 204 Å². The number of hydrogen-bond acceptors (Lipinski definition) is 6. The van der Waals surface area contributed by atoms with Crippen LogP contribution in [-0.4, -0.2) is 38.0 Å². The molecule has 6 rings (SSSR count). The molecule has 3 heterocycles. The zero-order chi connectivity index (χ0) is 23.6. The van der Waals surface area contributed by atoms with Gasteiger partial charge in [0.05, 0.1) is 21.1 Å². The van der Waals surface area contributed by atoms with Gasteiger partial charge in [0.2, 0.25) is 5.95 Å². The number of nitrogens with zero attached hydrogens (tertiary/aromatic N) is 4. The third-order valence-electron chi connectivity index (χ3n) is 6.66. The molecule has 8 nitrogen and oxygen atoms in total. The summed E-state index contributed by atoms with van der Waals surface area (Å²) in [4.78, 5) is 26.8. The maximum atomic E-state index is 12.9. The van der Waals surface area contributed by atoms with Gasteiger partial charge in [0.25, 0.3) is 0 Å². The molecule has 1 aliphatic heterocycles. The molecule has 172 valence electrons. The topological polar surface area (TPSA) is 103 Å². The number of para-hydroxylation sites is 1. The second kappa shape index (κ2) is 7.66. The lowest BCUT2D eigenvalue weighted by Gasteiger charge is -2.32. The summed E-state index contributed by atoms with van der Waals surface area (Å²) < 4.78 is 1.12. The smallest absolute Gasteiger partial charge is 0.324 e. The Hall–Kier alpha value is -3.20. The highest BCUT2D eigenvalue weighted by Crippen LogP contribution is 2.52. The number of likely N-dealkylation sites (N-methyl/N-ethyl adjacent to an activating group) is 1. The highest BCUT2D eigenvalue weighted by molar-refractivity contribution is 6.37. The first-order valence-electron chi connectivity index (χ1n) is 10.9. The van der Waals surface area contributed by atoms with E-state index in [1.54, 1.807) is 18.2 Å². The molecular formula is C24H21Cl2N7O. The lowest BCUT2D eigenvalue weighted by Crippen LogP contribution is -2.35. The van der Waals surface area contributed by atoms with Gasteiger partial charge in [0.15, 0.2) is 5.65 Å². The fourth-order valence-corrected chi connectivity index (χ4v) is 5.55. The van der Waals surface area contributed by atoms with Gasteiger partial charge in [0, 0.05) is 30.4 Å². The van der Waals surface area contributed by atoms with Crippen LogP contribution in [0.4, 0.5) is 11.6 Å². The van der Waals surface area contributed by atoms with Gasteiger partial charge in [-0.25, -0.2) is 14.3 Å². The summed E-state index contributed by atoms with van der Waals surface area (Å²) in [5.41, 5.74) is 3.79. The first-order valence-corrected chi connectivity index (χ1v) is 11.7. The van der Waals surface area contributed by atoms with Gasteiger partial charge in [0.1, 0.15) is 5.49 Å². The van der Waals surface area contributed by atoms with Crippen LogP contribution in [0.5, 0.6) is 0 Å². The Balaban J connectivity index is 1.38. The largest absolute Gasteiger partial charge is 0.333 e. The number of halogens is 2. The maximum Gasteiger partial charge on any atom is 0.333 e. The van der Waals surface area contributed by atoms with E-state index in [1.807, 2.05) is 0 Å². The molecule has 4 aromatic rings.